The molecule has 0 amide bonds. The number of hydrogen-bond acceptors (Lipinski definition) is 7. The number of hydrogen-bond donors (Lipinski definition) is 2. The Hall–Kier alpha value is -1.47. The van der Waals surface area contributed by atoms with Crippen molar-refractivity contribution in [3.8, 4) is 5.75 Å². The van der Waals surface area contributed by atoms with Gasteiger partial charge in [-0.2, -0.15) is 33.5 Å². The number of nitrogens with one attached hydrogen (secondary N) is 1. The molecule has 0 spiro atoms. The van der Waals surface area contributed by atoms with Gasteiger partial charge in [-0.3, -0.25) is 0 Å². The third-order valence-corrected chi connectivity index (χ3v) is 9.54. The highest BCUT2D eigenvalue weighted by Gasteiger charge is 2.27. The van der Waals surface area contributed by atoms with Gasteiger partial charge in [0.2, 0.25) is 5.95 Å². The van der Waals surface area contributed by atoms with Crippen LogP contribution in [-0.2, 0) is 22.3 Å². The molecule has 7 heteroatoms. The van der Waals surface area contributed by atoms with E-state index in [1.807, 2.05) is 35.7 Å². The fourth-order valence-electron chi connectivity index (χ4n) is 4.93. The Bertz CT molecular complexity index is 973. The van der Waals surface area contributed by atoms with Gasteiger partial charge in [0.05, 0.1) is 11.5 Å². The molecule has 0 radical (unpaired) electrons. The van der Waals surface area contributed by atoms with Gasteiger partial charge < -0.3 is 10.4 Å². The molecule has 2 aromatic rings. The zero-order chi connectivity index (χ0) is 31.0. The molecule has 0 atom stereocenters. The van der Waals surface area contributed by atoms with Crippen LogP contribution in [0.4, 0.5) is 11.6 Å². The molecule has 0 aliphatic rings. The van der Waals surface area contributed by atoms with Crippen molar-refractivity contribution in [2.24, 2.45) is 0 Å². The lowest BCUT2D eigenvalue weighted by Gasteiger charge is -2.28. The summed E-state index contributed by atoms with van der Waals surface area (Å²) >= 11 is 3.86. The van der Waals surface area contributed by atoms with Gasteiger partial charge in [-0.05, 0) is 47.3 Å². The average molecular weight is 617 g/mol. The minimum atomic E-state index is -0.197. The molecule has 2 N–H and O–H groups in total. The number of aromatic hydroxyl groups is 1. The van der Waals surface area contributed by atoms with Crippen molar-refractivity contribution < 1.29 is 5.11 Å². The lowest BCUT2D eigenvalue weighted by atomic mass is 9.79. The Labute approximate surface area is 266 Å². The SMILES string of the molecule is CCCCCCCCSCc1nc(CSCCCCCCCC)nc(Nc2cc(C(C)(C)C)c(O)c(C(C)(C)C)c2)n1. The Morgan fingerprint density at radius 1 is 0.619 bits per heavy atom. The molecule has 0 fully saturated rings. The van der Waals surface area contributed by atoms with Gasteiger partial charge in [0.25, 0.3) is 0 Å². The normalized spacial score (nSPS) is 12.2. The first kappa shape index (κ1) is 36.7. The minimum Gasteiger partial charge on any atom is -0.507 e. The molecule has 238 valence electrons. The van der Waals surface area contributed by atoms with Crippen LogP contribution >= 0.6 is 23.5 Å². The van der Waals surface area contributed by atoms with Gasteiger partial charge >= 0.3 is 0 Å². The largest absolute Gasteiger partial charge is 0.507 e. The van der Waals surface area contributed by atoms with E-state index in [0.29, 0.717) is 11.7 Å². The summed E-state index contributed by atoms with van der Waals surface area (Å²) in [5.74, 6) is 6.58. The van der Waals surface area contributed by atoms with Gasteiger partial charge in [-0.1, -0.05) is 120 Å². The van der Waals surface area contributed by atoms with E-state index in [2.05, 4.69) is 60.7 Å². The number of phenolic OH excluding ortho intramolecular Hbond substituents is 1. The van der Waals surface area contributed by atoms with Crippen LogP contribution < -0.4 is 5.32 Å². The Balaban J connectivity index is 2.16. The molecule has 0 bridgehead atoms. The predicted octanol–water partition coefficient (Wildman–Crippen LogP) is 11.1. The summed E-state index contributed by atoms with van der Waals surface area (Å²) in [4.78, 5) is 14.6. The number of rotatable bonds is 20. The third kappa shape index (κ3) is 13.9. The second-order valence-electron chi connectivity index (χ2n) is 13.7. The standard InChI is InChI=1S/C35H60N4OS2/c1-9-11-13-15-17-19-21-41-25-30-37-31(26-42-22-20-18-16-14-12-10-2)39-33(38-30)36-27-23-28(34(3,4)5)32(40)29(24-27)35(6,7)8/h23-24,40H,9-22,25-26H2,1-8H3,(H,36,37,38,39). The molecule has 0 saturated heterocycles. The number of benzene rings is 1. The second-order valence-corrected chi connectivity index (χ2v) is 15.9. The van der Waals surface area contributed by atoms with E-state index in [1.165, 1.54) is 77.0 Å². The number of thioether (sulfide) groups is 2. The summed E-state index contributed by atoms with van der Waals surface area (Å²) in [5.41, 5.74) is 2.37. The third-order valence-electron chi connectivity index (χ3n) is 7.46. The van der Waals surface area contributed by atoms with Crippen molar-refractivity contribution in [1.82, 2.24) is 15.0 Å². The lowest BCUT2D eigenvalue weighted by Crippen LogP contribution is -2.18. The van der Waals surface area contributed by atoms with Crippen molar-refractivity contribution in [1.29, 1.82) is 0 Å². The molecule has 0 saturated carbocycles. The molecule has 1 aromatic carbocycles. The monoisotopic (exact) mass is 616 g/mol. The summed E-state index contributed by atoms with van der Waals surface area (Å²) in [5, 5.41) is 14.7. The van der Waals surface area contributed by atoms with Crippen LogP contribution in [-0.4, -0.2) is 31.6 Å². The zero-order valence-corrected chi connectivity index (χ0v) is 29.7. The van der Waals surface area contributed by atoms with E-state index in [4.69, 9.17) is 15.0 Å². The fraction of sp³-hybridized carbons (Fsp3) is 0.743. The number of nitrogens with zero attached hydrogens (tertiary/aromatic N) is 3. The molecule has 42 heavy (non-hydrogen) atoms. The van der Waals surface area contributed by atoms with E-state index in [0.717, 1.165) is 51.5 Å². The molecule has 0 aliphatic carbocycles. The fourth-order valence-corrected chi connectivity index (χ4v) is 6.66. The Kier molecular flexibility index (Phi) is 16.6. The van der Waals surface area contributed by atoms with Gasteiger partial charge in [0.15, 0.2) is 0 Å². The highest BCUT2D eigenvalue weighted by atomic mass is 32.2. The van der Waals surface area contributed by atoms with Crippen LogP contribution in [0.25, 0.3) is 0 Å². The number of aromatic nitrogens is 3. The maximum atomic E-state index is 11.2. The highest BCUT2D eigenvalue weighted by molar-refractivity contribution is 7.98. The molecule has 2 rings (SSSR count). The molecule has 1 aromatic heterocycles. The Morgan fingerprint density at radius 2 is 1.02 bits per heavy atom. The quantitative estimate of drug-likeness (QED) is 0.113. The first-order valence-corrected chi connectivity index (χ1v) is 18.8. The highest BCUT2D eigenvalue weighted by Crippen LogP contribution is 2.41. The van der Waals surface area contributed by atoms with Gasteiger partial charge in [0, 0.05) is 16.8 Å². The van der Waals surface area contributed by atoms with Crippen LogP contribution in [0.5, 0.6) is 5.75 Å². The van der Waals surface area contributed by atoms with Gasteiger partial charge in [-0.15, -0.1) is 0 Å². The average Bonchev–Trinajstić information content (AvgIpc) is 2.91. The molecular formula is C35H60N4OS2. The zero-order valence-electron chi connectivity index (χ0n) is 28.1. The predicted molar refractivity (Wildman–Crippen MR) is 188 cm³/mol. The van der Waals surface area contributed by atoms with Crippen molar-refractivity contribution in [3.05, 3.63) is 34.9 Å². The van der Waals surface area contributed by atoms with Crippen LogP contribution in [0.2, 0.25) is 0 Å². The van der Waals surface area contributed by atoms with Crippen LogP contribution in [0.1, 0.15) is 155 Å². The summed E-state index contributed by atoms with van der Waals surface area (Å²) < 4.78 is 0. The maximum Gasteiger partial charge on any atom is 0.230 e. The molecule has 0 aliphatic heterocycles. The van der Waals surface area contributed by atoms with Crippen LogP contribution in [0.15, 0.2) is 12.1 Å². The molecule has 0 unspecified atom stereocenters. The van der Waals surface area contributed by atoms with Crippen molar-refractivity contribution in [2.75, 3.05) is 16.8 Å². The van der Waals surface area contributed by atoms with Gasteiger partial charge in [0.1, 0.15) is 17.4 Å². The number of phenols is 1. The topological polar surface area (TPSA) is 70.9 Å². The number of anilines is 2. The summed E-state index contributed by atoms with van der Waals surface area (Å²) in [6.45, 7) is 17.4. The minimum absolute atomic E-state index is 0.197. The van der Waals surface area contributed by atoms with Gasteiger partial charge in [-0.25, -0.2) is 4.98 Å². The van der Waals surface area contributed by atoms with Crippen LogP contribution in [0, 0.1) is 0 Å². The van der Waals surface area contributed by atoms with E-state index in [1.54, 1.807) is 0 Å². The van der Waals surface area contributed by atoms with E-state index >= 15 is 0 Å². The van der Waals surface area contributed by atoms with Crippen molar-refractivity contribution >= 4 is 35.2 Å². The summed E-state index contributed by atoms with van der Waals surface area (Å²) in [6.07, 6.45) is 15.8. The molecule has 1 heterocycles. The first-order valence-electron chi connectivity index (χ1n) is 16.5. The maximum absolute atomic E-state index is 11.2. The van der Waals surface area contributed by atoms with E-state index < -0.39 is 0 Å². The lowest BCUT2D eigenvalue weighted by molar-refractivity contribution is 0.423. The van der Waals surface area contributed by atoms with Crippen molar-refractivity contribution in [2.45, 2.75) is 155 Å². The van der Waals surface area contributed by atoms with E-state index in [9.17, 15) is 5.11 Å². The Morgan fingerprint density at radius 3 is 1.43 bits per heavy atom. The number of unbranched alkanes of at least 4 members (excludes halogenated alkanes) is 10. The smallest absolute Gasteiger partial charge is 0.230 e. The van der Waals surface area contributed by atoms with E-state index in [-0.39, 0.29) is 10.8 Å². The summed E-state index contributed by atoms with van der Waals surface area (Å²) in [7, 11) is 0. The van der Waals surface area contributed by atoms with Crippen molar-refractivity contribution in [3.63, 3.8) is 0 Å². The summed E-state index contributed by atoms with van der Waals surface area (Å²) in [6, 6.07) is 4.10. The molecular weight excluding hydrogens is 557 g/mol. The molecule has 5 nitrogen and oxygen atoms in total. The second kappa shape index (κ2) is 19.0. The first-order chi connectivity index (χ1) is 20.0. The van der Waals surface area contributed by atoms with Crippen LogP contribution in [0.3, 0.4) is 0 Å².